The maximum Gasteiger partial charge on any atom is 0.143 e. The number of rotatable bonds is 3. The van der Waals surface area contributed by atoms with E-state index in [0.29, 0.717) is 18.1 Å². The Morgan fingerprint density at radius 2 is 2.40 bits per heavy atom. The maximum absolute atomic E-state index is 11.9. The summed E-state index contributed by atoms with van der Waals surface area (Å²) < 4.78 is 1.68. The fourth-order valence-electron chi connectivity index (χ4n) is 2.28. The molecule has 0 spiro atoms. The molecule has 1 saturated carbocycles. The van der Waals surface area contributed by atoms with E-state index in [0.717, 1.165) is 18.7 Å². The molecule has 2 atom stereocenters. The lowest BCUT2D eigenvalue weighted by Gasteiger charge is -2.07. The van der Waals surface area contributed by atoms with Crippen LogP contribution in [-0.4, -0.2) is 20.5 Å². The molecule has 0 bridgehead atoms. The van der Waals surface area contributed by atoms with Gasteiger partial charge in [-0.3, -0.25) is 9.48 Å². The van der Waals surface area contributed by atoms with E-state index in [1.165, 1.54) is 12.7 Å². The molecule has 0 aliphatic heterocycles. The summed E-state index contributed by atoms with van der Waals surface area (Å²) in [7, 11) is 1.83. The van der Waals surface area contributed by atoms with Gasteiger partial charge in [-0.25, -0.2) is 4.98 Å². The summed E-state index contributed by atoms with van der Waals surface area (Å²) in [4.78, 5) is 16.0. The Hall–Kier alpha value is -1.19. The minimum absolute atomic E-state index is 0.261. The van der Waals surface area contributed by atoms with Gasteiger partial charge in [-0.1, -0.05) is 6.92 Å². The van der Waals surface area contributed by atoms with Crippen LogP contribution < -0.4 is 0 Å². The second kappa shape index (κ2) is 4.13. The first-order valence-corrected chi connectivity index (χ1v) is 5.52. The molecule has 2 unspecified atom stereocenters. The largest absolute Gasteiger partial charge is 0.299 e. The van der Waals surface area contributed by atoms with Gasteiger partial charge in [-0.2, -0.15) is 5.10 Å². The predicted molar refractivity (Wildman–Crippen MR) is 56.2 cm³/mol. The Kier molecular flexibility index (Phi) is 2.84. The molecule has 82 valence electrons. The number of nitrogens with zero attached hydrogens (tertiary/aromatic N) is 3. The quantitative estimate of drug-likeness (QED) is 0.752. The molecule has 1 aliphatic carbocycles. The van der Waals surface area contributed by atoms with Crippen LogP contribution in [0.2, 0.25) is 0 Å². The van der Waals surface area contributed by atoms with Crippen molar-refractivity contribution in [3.05, 3.63) is 12.2 Å². The van der Waals surface area contributed by atoms with E-state index in [1.54, 1.807) is 4.68 Å². The molecule has 1 aromatic heterocycles. The van der Waals surface area contributed by atoms with Crippen LogP contribution in [0.25, 0.3) is 0 Å². The first-order valence-electron chi connectivity index (χ1n) is 5.52. The van der Waals surface area contributed by atoms with Crippen molar-refractivity contribution in [1.29, 1.82) is 0 Å². The molecule has 1 heterocycles. The molecule has 0 saturated heterocycles. The van der Waals surface area contributed by atoms with Crippen molar-refractivity contribution in [3.63, 3.8) is 0 Å². The third kappa shape index (κ3) is 2.25. The molecule has 15 heavy (non-hydrogen) atoms. The highest BCUT2D eigenvalue weighted by molar-refractivity contribution is 5.82. The normalized spacial score (nSPS) is 25.7. The average molecular weight is 207 g/mol. The number of Topliss-reactive ketones (excluding diaryl/α,β-unsaturated/α-hetero) is 1. The van der Waals surface area contributed by atoms with Crippen LogP contribution in [0.5, 0.6) is 0 Å². The van der Waals surface area contributed by atoms with Gasteiger partial charge in [0.15, 0.2) is 0 Å². The summed E-state index contributed by atoms with van der Waals surface area (Å²) in [6.07, 6.45) is 5.23. The van der Waals surface area contributed by atoms with Gasteiger partial charge in [-0.05, 0) is 25.2 Å². The zero-order valence-corrected chi connectivity index (χ0v) is 9.31. The first-order chi connectivity index (χ1) is 7.16. The fraction of sp³-hybridized carbons (Fsp3) is 0.727. The van der Waals surface area contributed by atoms with Crippen LogP contribution in [0.1, 0.15) is 32.0 Å². The van der Waals surface area contributed by atoms with Crippen LogP contribution >= 0.6 is 0 Å². The Bertz CT molecular complexity index is 358. The van der Waals surface area contributed by atoms with Gasteiger partial charge in [0.2, 0.25) is 0 Å². The van der Waals surface area contributed by atoms with Gasteiger partial charge >= 0.3 is 0 Å². The number of hydrogen-bond acceptors (Lipinski definition) is 3. The molecule has 1 aromatic rings. The molecule has 1 fully saturated rings. The van der Waals surface area contributed by atoms with E-state index in [9.17, 15) is 4.79 Å². The van der Waals surface area contributed by atoms with Gasteiger partial charge in [-0.15, -0.1) is 0 Å². The molecular weight excluding hydrogens is 190 g/mol. The maximum atomic E-state index is 11.9. The molecule has 0 N–H and O–H groups in total. The van der Waals surface area contributed by atoms with Crippen LogP contribution in [0.15, 0.2) is 6.33 Å². The topological polar surface area (TPSA) is 47.8 Å². The smallest absolute Gasteiger partial charge is 0.143 e. The first kappa shape index (κ1) is 10.3. The third-order valence-corrected chi connectivity index (χ3v) is 3.29. The van der Waals surface area contributed by atoms with E-state index >= 15 is 0 Å². The Morgan fingerprint density at radius 3 is 2.93 bits per heavy atom. The van der Waals surface area contributed by atoms with Crippen LogP contribution in [0.3, 0.4) is 0 Å². The van der Waals surface area contributed by atoms with Crippen molar-refractivity contribution >= 4 is 5.78 Å². The lowest BCUT2D eigenvalue weighted by Crippen LogP contribution is -2.16. The van der Waals surface area contributed by atoms with E-state index in [-0.39, 0.29) is 5.92 Å². The molecule has 2 rings (SSSR count). The molecule has 0 radical (unpaired) electrons. The van der Waals surface area contributed by atoms with Crippen molar-refractivity contribution in [2.45, 2.75) is 32.6 Å². The number of hydrogen-bond donors (Lipinski definition) is 0. The highest BCUT2D eigenvalue weighted by Gasteiger charge is 2.27. The van der Waals surface area contributed by atoms with Crippen molar-refractivity contribution in [2.75, 3.05) is 0 Å². The Morgan fingerprint density at radius 1 is 1.60 bits per heavy atom. The molecule has 4 heteroatoms. The summed E-state index contributed by atoms with van der Waals surface area (Å²) in [5, 5.41) is 3.96. The summed E-state index contributed by atoms with van der Waals surface area (Å²) in [5.74, 6) is 2.07. The summed E-state index contributed by atoms with van der Waals surface area (Å²) >= 11 is 0. The second-order valence-electron chi connectivity index (χ2n) is 4.56. The fourth-order valence-corrected chi connectivity index (χ4v) is 2.28. The van der Waals surface area contributed by atoms with Gasteiger partial charge in [0, 0.05) is 13.0 Å². The minimum Gasteiger partial charge on any atom is -0.299 e. The van der Waals surface area contributed by atoms with Crippen LogP contribution in [0, 0.1) is 11.8 Å². The van der Waals surface area contributed by atoms with Crippen molar-refractivity contribution in [3.8, 4) is 0 Å². The van der Waals surface area contributed by atoms with Gasteiger partial charge in [0.1, 0.15) is 17.9 Å². The third-order valence-electron chi connectivity index (χ3n) is 3.29. The van der Waals surface area contributed by atoms with E-state index < -0.39 is 0 Å². The highest BCUT2D eigenvalue weighted by Crippen LogP contribution is 2.31. The standard InChI is InChI=1S/C11H17N3O/c1-8-3-4-9(5-8)10(15)6-11-12-7-13-14(11)2/h7-9H,3-6H2,1-2H3. The van der Waals surface area contributed by atoms with E-state index in [4.69, 9.17) is 0 Å². The number of aryl methyl sites for hydroxylation is 1. The van der Waals surface area contributed by atoms with Crippen LogP contribution in [-0.2, 0) is 18.3 Å². The lowest BCUT2D eigenvalue weighted by atomic mass is 9.99. The molecule has 4 nitrogen and oxygen atoms in total. The monoisotopic (exact) mass is 207 g/mol. The number of carbonyl (C=O) groups excluding carboxylic acids is 1. The Labute approximate surface area is 89.7 Å². The molecular formula is C11H17N3O. The number of carbonyl (C=O) groups is 1. The predicted octanol–water partition coefficient (Wildman–Crippen LogP) is 1.36. The molecule has 0 aromatic carbocycles. The average Bonchev–Trinajstić information content (AvgIpc) is 2.77. The van der Waals surface area contributed by atoms with Gasteiger partial charge < -0.3 is 0 Å². The SMILES string of the molecule is CC1CCC(C(=O)Cc2ncnn2C)C1. The van der Waals surface area contributed by atoms with Crippen molar-refractivity contribution in [2.24, 2.45) is 18.9 Å². The highest BCUT2D eigenvalue weighted by atomic mass is 16.1. The van der Waals surface area contributed by atoms with Crippen molar-refractivity contribution in [1.82, 2.24) is 14.8 Å². The summed E-state index contributed by atoms with van der Waals surface area (Å²) in [6.45, 7) is 2.22. The van der Waals surface area contributed by atoms with Crippen molar-refractivity contribution < 1.29 is 4.79 Å². The lowest BCUT2D eigenvalue weighted by molar-refractivity contribution is -0.122. The van der Waals surface area contributed by atoms with Gasteiger partial charge in [0.25, 0.3) is 0 Å². The summed E-state index contributed by atoms with van der Waals surface area (Å²) in [5.41, 5.74) is 0. The Balaban J connectivity index is 1.95. The van der Waals surface area contributed by atoms with Gasteiger partial charge in [0.05, 0.1) is 6.42 Å². The molecule has 1 aliphatic rings. The zero-order chi connectivity index (χ0) is 10.8. The number of ketones is 1. The minimum atomic E-state index is 0.261. The molecule has 0 amide bonds. The summed E-state index contributed by atoms with van der Waals surface area (Å²) in [6, 6.07) is 0. The van der Waals surface area contributed by atoms with E-state index in [1.807, 2.05) is 7.05 Å². The van der Waals surface area contributed by atoms with E-state index in [2.05, 4.69) is 17.0 Å². The number of aromatic nitrogens is 3. The zero-order valence-electron chi connectivity index (χ0n) is 9.31. The second-order valence-corrected chi connectivity index (χ2v) is 4.56. The van der Waals surface area contributed by atoms with Crippen LogP contribution in [0.4, 0.5) is 0 Å².